The molecular formula is C18H19N3O2. The summed E-state index contributed by atoms with van der Waals surface area (Å²) in [5, 5.41) is 7.13. The van der Waals surface area contributed by atoms with Crippen molar-refractivity contribution in [2.75, 3.05) is 20.2 Å². The quantitative estimate of drug-likeness (QED) is 0.679. The third-order valence-corrected chi connectivity index (χ3v) is 3.46. The third kappa shape index (κ3) is 3.83. The van der Waals surface area contributed by atoms with Crippen molar-refractivity contribution in [3.8, 4) is 22.8 Å². The molecule has 0 aliphatic heterocycles. The Morgan fingerprint density at radius 1 is 1.04 bits per heavy atom. The molecule has 5 nitrogen and oxygen atoms in total. The molecule has 0 saturated carbocycles. The molecule has 2 aromatic carbocycles. The summed E-state index contributed by atoms with van der Waals surface area (Å²) in [5.74, 6) is 1.10. The standard InChI is InChI=1S/C18H19N3O2/c1-19-11-12-22-13-15-9-5-6-10-16(15)18-20-17(21-23-18)14-7-3-2-4-8-14/h2-10,19H,11-13H2,1H3. The Kier molecular flexibility index (Phi) is 5.13. The summed E-state index contributed by atoms with van der Waals surface area (Å²) in [5.41, 5.74) is 2.88. The zero-order valence-corrected chi connectivity index (χ0v) is 13.0. The fourth-order valence-corrected chi connectivity index (χ4v) is 2.25. The zero-order valence-electron chi connectivity index (χ0n) is 13.0. The molecule has 0 aliphatic rings. The maximum absolute atomic E-state index is 5.66. The highest BCUT2D eigenvalue weighted by molar-refractivity contribution is 5.62. The predicted molar refractivity (Wildman–Crippen MR) is 88.8 cm³/mol. The molecule has 0 saturated heterocycles. The van der Waals surface area contributed by atoms with E-state index in [-0.39, 0.29) is 0 Å². The summed E-state index contributed by atoms with van der Waals surface area (Å²) < 4.78 is 11.1. The molecule has 1 aromatic heterocycles. The van der Waals surface area contributed by atoms with Gasteiger partial charge in [-0.05, 0) is 18.7 Å². The highest BCUT2D eigenvalue weighted by atomic mass is 16.5. The van der Waals surface area contributed by atoms with Crippen molar-refractivity contribution in [3.05, 3.63) is 60.2 Å². The molecule has 1 heterocycles. The van der Waals surface area contributed by atoms with Crippen LogP contribution < -0.4 is 5.32 Å². The molecule has 0 fully saturated rings. The third-order valence-electron chi connectivity index (χ3n) is 3.46. The van der Waals surface area contributed by atoms with Crippen molar-refractivity contribution in [3.63, 3.8) is 0 Å². The van der Waals surface area contributed by atoms with E-state index in [0.717, 1.165) is 23.2 Å². The van der Waals surface area contributed by atoms with E-state index in [1.165, 1.54) is 0 Å². The molecule has 0 atom stereocenters. The molecule has 0 aliphatic carbocycles. The van der Waals surface area contributed by atoms with E-state index >= 15 is 0 Å². The Bertz CT molecular complexity index is 741. The zero-order chi connectivity index (χ0) is 15.9. The van der Waals surface area contributed by atoms with Crippen LogP contribution in [0.5, 0.6) is 0 Å². The van der Waals surface area contributed by atoms with Gasteiger partial charge < -0.3 is 14.6 Å². The SMILES string of the molecule is CNCCOCc1ccccc1-c1nc(-c2ccccc2)no1. The minimum absolute atomic E-state index is 0.511. The second-order valence-electron chi connectivity index (χ2n) is 5.10. The smallest absolute Gasteiger partial charge is 0.258 e. The first kappa shape index (κ1) is 15.4. The second kappa shape index (κ2) is 7.67. The lowest BCUT2D eigenvalue weighted by Gasteiger charge is -2.07. The van der Waals surface area contributed by atoms with Crippen LogP contribution in [-0.4, -0.2) is 30.3 Å². The number of nitrogens with one attached hydrogen (secondary N) is 1. The molecule has 1 N–H and O–H groups in total. The van der Waals surface area contributed by atoms with Gasteiger partial charge in [0.25, 0.3) is 5.89 Å². The molecule has 5 heteroatoms. The first-order valence-corrected chi connectivity index (χ1v) is 7.58. The Labute approximate surface area is 135 Å². The van der Waals surface area contributed by atoms with E-state index in [9.17, 15) is 0 Å². The van der Waals surface area contributed by atoms with Crippen molar-refractivity contribution in [2.45, 2.75) is 6.61 Å². The van der Waals surface area contributed by atoms with Crippen LogP contribution in [0.2, 0.25) is 0 Å². The van der Waals surface area contributed by atoms with Gasteiger partial charge in [0.15, 0.2) is 0 Å². The number of hydrogen-bond acceptors (Lipinski definition) is 5. The van der Waals surface area contributed by atoms with Gasteiger partial charge in [-0.25, -0.2) is 0 Å². The minimum atomic E-state index is 0.511. The lowest BCUT2D eigenvalue weighted by molar-refractivity contribution is 0.124. The second-order valence-corrected chi connectivity index (χ2v) is 5.10. The van der Waals surface area contributed by atoms with Crippen LogP contribution >= 0.6 is 0 Å². The Morgan fingerprint density at radius 3 is 2.65 bits per heavy atom. The number of rotatable bonds is 7. The number of ether oxygens (including phenoxy) is 1. The molecule has 0 bridgehead atoms. The van der Waals surface area contributed by atoms with E-state index < -0.39 is 0 Å². The van der Waals surface area contributed by atoms with Crippen LogP contribution in [0.25, 0.3) is 22.8 Å². The van der Waals surface area contributed by atoms with Crippen molar-refractivity contribution < 1.29 is 9.26 Å². The van der Waals surface area contributed by atoms with Crippen molar-refractivity contribution in [2.24, 2.45) is 0 Å². The van der Waals surface area contributed by atoms with Crippen molar-refractivity contribution >= 4 is 0 Å². The lowest BCUT2D eigenvalue weighted by Crippen LogP contribution is -2.14. The van der Waals surface area contributed by atoms with Crippen LogP contribution in [-0.2, 0) is 11.3 Å². The Balaban J connectivity index is 1.81. The first-order chi connectivity index (χ1) is 11.4. The van der Waals surface area contributed by atoms with Gasteiger partial charge in [-0.1, -0.05) is 53.7 Å². The van der Waals surface area contributed by atoms with Gasteiger partial charge in [0.1, 0.15) is 0 Å². The van der Waals surface area contributed by atoms with Crippen LogP contribution in [0.1, 0.15) is 5.56 Å². The van der Waals surface area contributed by atoms with Crippen LogP contribution in [0, 0.1) is 0 Å². The fraction of sp³-hybridized carbons (Fsp3) is 0.222. The normalized spacial score (nSPS) is 10.8. The summed E-state index contributed by atoms with van der Waals surface area (Å²) in [6, 6.07) is 17.7. The van der Waals surface area contributed by atoms with Gasteiger partial charge in [0.2, 0.25) is 5.82 Å². The number of nitrogens with zero attached hydrogens (tertiary/aromatic N) is 2. The fourth-order valence-electron chi connectivity index (χ4n) is 2.25. The average molecular weight is 309 g/mol. The molecule has 0 radical (unpaired) electrons. The van der Waals surface area contributed by atoms with Crippen LogP contribution in [0.4, 0.5) is 0 Å². The van der Waals surface area contributed by atoms with E-state index in [2.05, 4.69) is 15.5 Å². The van der Waals surface area contributed by atoms with Gasteiger partial charge in [-0.2, -0.15) is 4.98 Å². The molecule has 23 heavy (non-hydrogen) atoms. The molecule has 0 amide bonds. The van der Waals surface area contributed by atoms with Crippen LogP contribution in [0.15, 0.2) is 59.1 Å². The van der Waals surface area contributed by atoms with Crippen molar-refractivity contribution in [1.29, 1.82) is 0 Å². The molecule has 118 valence electrons. The molecule has 3 rings (SSSR count). The molecular weight excluding hydrogens is 290 g/mol. The van der Waals surface area contributed by atoms with Crippen molar-refractivity contribution in [1.82, 2.24) is 15.5 Å². The topological polar surface area (TPSA) is 60.2 Å². The largest absolute Gasteiger partial charge is 0.375 e. The van der Waals surface area contributed by atoms with E-state index in [1.54, 1.807) is 0 Å². The number of benzene rings is 2. The monoisotopic (exact) mass is 309 g/mol. The van der Waals surface area contributed by atoms with Gasteiger partial charge in [0, 0.05) is 17.7 Å². The number of likely N-dealkylation sites (N-methyl/N-ethyl adjacent to an activating group) is 1. The minimum Gasteiger partial charge on any atom is -0.375 e. The Morgan fingerprint density at radius 2 is 1.83 bits per heavy atom. The first-order valence-electron chi connectivity index (χ1n) is 7.58. The van der Waals surface area contributed by atoms with Gasteiger partial charge in [-0.15, -0.1) is 0 Å². The van der Waals surface area contributed by atoms with E-state index in [0.29, 0.717) is 24.9 Å². The Hall–Kier alpha value is -2.50. The summed E-state index contributed by atoms with van der Waals surface area (Å²) >= 11 is 0. The number of hydrogen-bond donors (Lipinski definition) is 1. The molecule has 0 spiro atoms. The van der Waals surface area contributed by atoms with E-state index in [4.69, 9.17) is 9.26 Å². The molecule has 3 aromatic rings. The average Bonchev–Trinajstić information content (AvgIpc) is 3.10. The van der Waals surface area contributed by atoms with Gasteiger partial charge in [-0.3, -0.25) is 0 Å². The van der Waals surface area contributed by atoms with Gasteiger partial charge in [0.05, 0.1) is 13.2 Å². The summed E-state index contributed by atoms with van der Waals surface area (Å²) in [6.07, 6.45) is 0. The lowest BCUT2D eigenvalue weighted by atomic mass is 10.1. The number of aromatic nitrogens is 2. The maximum Gasteiger partial charge on any atom is 0.258 e. The summed E-state index contributed by atoms with van der Waals surface area (Å²) in [7, 11) is 1.90. The van der Waals surface area contributed by atoms with E-state index in [1.807, 2.05) is 61.6 Å². The van der Waals surface area contributed by atoms with Gasteiger partial charge >= 0.3 is 0 Å². The predicted octanol–water partition coefficient (Wildman–Crippen LogP) is 3.14. The molecule has 0 unspecified atom stereocenters. The highest BCUT2D eigenvalue weighted by Crippen LogP contribution is 2.25. The summed E-state index contributed by atoms with van der Waals surface area (Å²) in [4.78, 5) is 4.51. The maximum atomic E-state index is 5.66. The highest BCUT2D eigenvalue weighted by Gasteiger charge is 2.13. The van der Waals surface area contributed by atoms with Crippen LogP contribution in [0.3, 0.4) is 0 Å². The summed E-state index contributed by atoms with van der Waals surface area (Å²) in [6.45, 7) is 1.99.